The molecule has 0 bridgehead atoms. The molecule has 3 heterocycles. The van der Waals surface area contributed by atoms with Crippen LogP contribution >= 0.6 is 7.37 Å². The van der Waals surface area contributed by atoms with E-state index >= 15 is 0 Å². The molecular weight excluding hydrogens is 231 g/mol. The largest absolute Gasteiger partial charge is 0.346 e. The standard InChI is InChI=1S/C10H17O5P/c1-10(2)14-8-6-5-16(11,12)4-3-7(6)13-9(8)15-10/h6-9H,3-5H2,1-2H3,(H,11,12)/t6-,7-,8-,9-/m1/s1. The fraction of sp³-hybridized carbons (Fsp3) is 1.00. The van der Waals surface area contributed by atoms with Gasteiger partial charge in [0, 0.05) is 18.2 Å². The van der Waals surface area contributed by atoms with Crippen LogP contribution in [0.5, 0.6) is 0 Å². The van der Waals surface area contributed by atoms with Crippen LogP contribution in [-0.4, -0.2) is 41.5 Å². The van der Waals surface area contributed by atoms with Gasteiger partial charge < -0.3 is 19.1 Å². The van der Waals surface area contributed by atoms with Gasteiger partial charge in [0.25, 0.3) is 0 Å². The van der Waals surface area contributed by atoms with Crippen LogP contribution in [0.1, 0.15) is 20.3 Å². The molecule has 3 rings (SSSR count). The van der Waals surface area contributed by atoms with Crippen molar-refractivity contribution >= 4 is 7.37 Å². The molecule has 0 aliphatic carbocycles. The molecule has 3 fully saturated rings. The molecule has 0 aromatic carbocycles. The Labute approximate surface area is 94.5 Å². The molecule has 92 valence electrons. The van der Waals surface area contributed by atoms with E-state index in [4.69, 9.17) is 14.2 Å². The van der Waals surface area contributed by atoms with Crippen molar-refractivity contribution in [1.29, 1.82) is 0 Å². The van der Waals surface area contributed by atoms with Crippen LogP contribution in [0.15, 0.2) is 0 Å². The Balaban J connectivity index is 1.81. The fourth-order valence-corrected chi connectivity index (χ4v) is 4.83. The maximum absolute atomic E-state index is 11.7. The Kier molecular flexibility index (Phi) is 2.30. The molecule has 6 heteroatoms. The van der Waals surface area contributed by atoms with Crippen molar-refractivity contribution in [1.82, 2.24) is 0 Å². The van der Waals surface area contributed by atoms with E-state index < -0.39 is 13.2 Å². The summed E-state index contributed by atoms with van der Waals surface area (Å²) in [7, 11) is -2.96. The van der Waals surface area contributed by atoms with Gasteiger partial charge in [-0.05, 0) is 20.3 Å². The van der Waals surface area contributed by atoms with E-state index in [9.17, 15) is 9.46 Å². The highest BCUT2D eigenvalue weighted by Gasteiger charge is 2.57. The Bertz CT molecular complexity index is 355. The average Bonchev–Trinajstić information content (AvgIpc) is 2.57. The first-order chi connectivity index (χ1) is 7.36. The molecule has 1 unspecified atom stereocenters. The summed E-state index contributed by atoms with van der Waals surface area (Å²) in [4.78, 5) is 9.68. The summed E-state index contributed by atoms with van der Waals surface area (Å²) in [5, 5.41) is 0. The third-order valence-corrected chi connectivity index (χ3v) is 5.50. The zero-order chi connectivity index (χ0) is 11.6. The predicted molar refractivity (Wildman–Crippen MR) is 56.4 cm³/mol. The van der Waals surface area contributed by atoms with Gasteiger partial charge in [-0.15, -0.1) is 0 Å². The third kappa shape index (κ3) is 1.75. The highest BCUT2D eigenvalue weighted by molar-refractivity contribution is 7.58. The molecule has 16 heavy (non-hydrogen) atoms. The molecule has 0 saturated carbocycles. The lowest BCUT2D eigenvalue weighted by Gasteiger charge is -2.31. The van der Waals surface area contributed by atoms with Crippen molar-refractivity contribution < 1.29 is 23.7 Å². The van der Waals surface area contributed by atoms with Crippen LogP contribution in [0.25, 0.3) is 0 Å². The molecule has 5 nitrogen and oxygen atoms in total. The number of fused-ring (bicyclic) bond motifs is 3. The normalized spacial score (nSPS) is 54.7. The Morgan fingerprint density at radius 2 is 2.12 bits per heavy atom. The maximum atomic E-state index is 11.7. The second kappa shape index (κ2) is 3.30. The van der Waals surface area contributed by atoms with Crippen LogP contribution in [0.3, 0.4) is 0 Å². The van der Waals surface area contributed by atoms with E-state index in [1.807, 2.05) is 13.8 Å². The lowest BCUT2D eigenvalue weighted by Crippen LogP contribution is -2.35. The SMILES string of the molecule is CC1(C)O[C@H]2O[C@@H]3CCP(=O)(O)C[C@H]3[C@H]2O1. The lowest BCUT2D eigenvalue weighted by atomic mass is 9.98. The van der Waals surface area contributed by atoms with Crippen molar-refractivity contribution in [3.8, 4) is 0 Å². The lowest BCUT2D eigenvalue weighted by molar-refractivity contribution is -0.209. The van der Waals surface area contributed by atoms with Crippen molar-refractivity contribution in [3.05, 3.63) is 0 Å². The quantitative estimate of drug-likeness (QED) is 0.651. The summed E-state index contributed by atoms with van der Waals surface area (Å²) >= 11 is 0. The van der Waals surface area contributed by atoms with Gasteiger partial charge in [-0.25, -0.2) is 0 Å². The molecule has 0 radical (unpaired) electrons. The second-order valence-corrected chi connectivity index (χ2v) is 7.85. The number of ether oxygens (including phenoxy) is 3. The van der Waals surface area contributed by atoms with Gasteiger partial charge in [-0.2, -0.15) is 0 Å². The van der Waals surface area contributed by atoms with Gasteiger partial charge in [0.15, 0.2) is 12.1 Å². The predicted octanol–water partition coefficient (Wildman–Crippen LogP) is 1.15. The Morgan fingerprint density at radius 3 is 2.88 bits per heavy atom. The summed E-state index contributed by atoms with van der Waals surface area (Å²) < 4.78 is 28.8. The fourth-order valence-electron chi connectivity index (χ4n) is 2.89. The second-order valence-electron chi connectivity index (χ2n) is 5.35. The number of hydrogen-bond donors (Lipinski definition) is 1. The van der Waals surface area contributed by atoms with E-state index in [0.29, 0.717) is 18.7 Å². The Morgan fingerprint density at radius 1 is 1.38 bits per heavy atom. The van der Waals surface area contributed by atoms with Gasteiger partial charge >= 0.3 is 0 Å². The monoisotopic (exact) mass is 248 g/mol. The van der Waals surface area contributed by atoms with Crippen molar-refractivity contribution in [2.45, 2.75) is 44.6 Å². The summed E-state index contributed by atoms with van der Waals surface area (Å²) in [6.07, 6.45) is 0.789. The van der Waals surface area contributed by atoms with Crippen LogP contribution < -0.4 is 0 Å². The average molecular weight is 248 g/mol. The molecule has 0 amide bonds. The zero-order valence-corrected chi connectivity index (χ0v) is 10.4. The Hall–Kier alpha value is 0.0700. The highest BCUT2D eigenvalue weighted by Crippen LogP contribution is 2.54. The van der Waals surface area contributed by atoms with Gasteiger partial charge in [0.1, 0.15) is 6.10 Å². The van der Waals surface area contributed by atoms with Crippen molar-refractivity contribution in [2.75, 3.05) is 12.3 Å². The van der Waals surface area contributed by atoms with Gasteiger partial charge in [0.2, 0.25) is 7.37 Å². The molecular formula is C10H17O5P. The highest BCUT2D eigenvalue weighted by atomic mass is 31.2. The third-order valence-electron chi connectivity index (χ3n) is 3.56. The van der Waals surface area contributed by atoms with Crippen LogP contribution in [0.2, 0.25) is 0 Å². The molecule has 0 spiro atoms. The van der Waals surface area contributed by atoms with Crippen molar-refractivity contribution in [3.63, 3.8) is 0 Å². The van der Waals surface area contributed by atoms with Crippen LogP contribution in [0, 0.1) is 5.92 Å². The van der Waals surface area contributed by atoms with E-state index in [2.05, 4.69) is 0 Å². The molecule has 3 aliphatic rings. The summed E-state index contributed by atoms with van der Waals surface area (Å²) in [5.41, 5.74) is 0. The minimum absolute atomic E-state index is 0.0105. The van der Waals surface area contributed by atoms with E-state index in [1.165, 1.54) is 0 Å². The smallest absolute Gasteiger partial charge is 0.201 e. The first-order valence-corrected chi connectivity index (χ1v) is 7.71. The number of rotatable bonds is 0. The maximum Gasteiger partial charge on any atom is 0.201 e. The molecule has 0 aromatic rings. The zero-order valence-electron chi connectivity index (χ0n) is 9.46. The van der Waals surface area contributed by atoms with Gasteiger partial charge in [-0.1, -0.05) is 0 Å². The van der Waals surface area contributed by atoms with Crippen LogP contribution in [0.4, 0.5) is 0 Å². The van der Waals surface area contributed by atoms with Gasteiger partial charge in [0.05, 0.1) is 6.10 Å². The summed E-state index contributed by atoms with van der Waals surface area (Å²) in [5.74, 6) is -0.631. The molecule has 3 saturated heterocycles. The first kappa shape index (κ1) is 11.2. The summed E-state index contributed by atoms with van der Waals surface area (Å²) in [6.45, 7) is 3.68. The minimum atomic E-state index is -2.96. The topological polar surface area (TPSA) is 65.0 Å². The van der Waals surface area contributed by atoms with E-state index in [0.717, 1.165) is 0 Å². The summed E-state index contributed by atoms with van der Waals surface area (Å²) in [6, 6.07) is 0. The van der Waals surface area contributed by atoms with E-state index in [-0.39, 0.29) is 24.4 Å². The molecule has 0 aromatic heterocycles. The molecule has 3 aliphatic heterocycles. The number of hydrogen-bond acceptors (Lipinski definition) is 4. The molecule has 1 N–H and O–H groups in total. The van der Waals surface area contributed by atoms with Crippen molar-refractivity contribution in [2.24, 2.45) is 5.92 Å². The first-order valence-electron chi connectivity index (χ1n) is 5.68. The van der Waals surface area contributed by atoms with Gasteiger partial charge in [-0.3, -0.25) is 4.57 Å². The van der Waals surface area contributed by atoms with E-state index in [1.54, 1.807) is 0 Å². The molecule has 5 atom stereocenters. The minimum Gasteiger partial charge on any atom is -0.346 e. The van der Waals surface area contributed by atoms with Crippen LogP contribution in [-0.2, 0) is 18.8 Å².